The van der Waals surface area contributed by atoms with E-state index in [1.54, 1.807) is 11.3 Å². The quantitative estimate of drug-likeness (QED) is 0.914. The summed E-state index contributed by atoms with van der Waals surface area (Å²) in [5.74, 6) is 0. The van der Waals surface area contributed by atoms with Crippen molar-refractivity contribution >= 4 is 22.9 Å². The Morgan fingerprint density at radius 3 is 3.00 bits per heavy atom. The lowest BCUT2D eigenvalue weighted by Crippen LogP contribution is -2.19. The first kappa shape index (κ1) is 12.1. The molecule has 94 valence electrons. The first-order valence-electron chi connectivity index (χ1n) is 6.13. The molecule has 5 heteroatoms. The van der Waals surface area contributed by atoms with Crippen LogP contribution in [0.15, 0.2) is 24.3 Å². The highest BCUT2D eigenvalue weighted by molar-refractivity contribution is 7.14. The second-order valence-corrected chi connectivity index (χ2v) is 5.99. The van der Waals surface area contributed by atoms with E-state index in [2.05, 4.69) is 15.5 Å². The van der Waals surface area contributed by atoms with Gasteiger partial charge in [0.2, 0.25) is 0 Å². The summed E-state index contributed by atoms with van der Waals surface area (Å²) in [5, 5.41) is 14.7. The van der Waals surface area contributed by atoms with Crippen LogP contribution in [0.2, 0.25) is 5.02 Å². The van der Waals surface area contributed by atoms with Crippen LogP contribution in [0.25, 0.3) is 10.6 Å². The Labute approximate surface area is 115 Å². The highest BCUT2D eigenvalue weighted by atomic mass is 35.5. The lowest BCUT2D eigenvalue weighted by atomic mass is 10.2. The van der Waals surface area contributed by atoms with Gasteiger partial charge in [0.25, 0.3) is 0 Å². The Morgan fingerprint density at radius 2 is 2.22 bits per heavy atom. The van der Waals surface area contributed by atoms with E-state index in [0.29, 0.717) is 0 Å². The minimum absolute atomic E-state index is 0.736. The van der Waals surface area contributed by atoms with Crippen molar-refractivity contribution in [3.8, 4) is 10.6 Å². The van der Waals surface area contributed by atoms with Crippen LogP contribution in [0.5, 0.6) is 0 Å². The van der Waals surface area contributed by atoms with Gasteiger partial charge in [-0.3, -0.25) is 0 Å². The minimum atomic E-state index is 0.736. The Morgan fingerprint density at radius 1 is 1.33 bits per heavy atom. The average molecular weight is 280 g/mol. The van der Waals surface area contributed by atoms with E-state index in [4.69, 9.17) is 11.6 Å². The van der Waals surface area contributed by atoms with E-state index in [1.165, 1.54) is 12.8 Å². The molecule has 1 saturated carbocycles. The first-order valence-corrected chi connectivity index (χ1v) is 7.32. The van der Waals surface area contributed by atoms with Crippen LogP contribution in [0.1, 0.15) is 17.8 Å². The highest BCUT2D eigenvalue weighted by Crippen LogP contribution is 2.26. The molecule has 2 aromatic rings. The third-order valence-electron chi connectivity index (χ3n) is 2.89. The maximum atomic E-state index is 5.97. The normalized spacial score (nSPS) is 14.9. The molecule has 3 nitrogen and oxygen atoms in total. The molecule has 0 spiro atoms. The SMILES string of the molecule is Clc1cccc(-c2nnc(CCNC3CC3)s2)c1. The number of halogens is 1. The molecule has 1 aliphatic carbocycles. The second-order valence-electron chi connectivity index (χ2n) is 4.49. The number of benzene rings is 1. The van der Waals surface area contributed by atoms with E-state index in [9.17, 15) is 0 Å². The molecule has 18 heavy (non-hydrogen) atoms. The Balaban J connectivity index is 1.64. The molecule has 0 aliphatic heterocycles. The predicted octanol–water partition coefficient (Wildman–Crippen LogP) is 3.15. The molecule has 1 aliphatic rings. The van der Waals surface area contributed by atoms with Gasteiger partial charge in [-0.2, -0.15) is 0 Å². The molecule has 1 fully saturated rings. The molecule has 1 N–H and O–H groups in total. The van der Waals surface area contributed by atoms with Gasteiger partial charge >= 0.3 is 0 Å². The van der Waals surface area contributed by atoms with Gasteiger partial charge in [0.1, 0.15) is 10.0 Å². The zero-order chi connectivity index (χ0) is 12.4. The number of aromatic nitrogens is 2. The van der Waals surface area contributed by atoms with Gasteiger partial charge < -0.3 is 5.32 Å². The summed E-state index contributed by atoms with van der Waals surface area (Å²) in [7, 11) is 0. The van der Waals surface area contributed by atoms with Crippen LogP contribution >= 0.6 is 22.9 Å². The van der Waals surface area contributed by atoms with Gasteiger partial charge in [0, 0.05) is 29.6 Å². The molecule has 0 unspecified atom stereocenters. The molecule has 1 heterocycles. The fourth-order valence-electron chi connectivity index (χ4n) is 1.76. The van der Waals surface area contributed by atoms with Gasteiger partial charge in [0.15, 0.2) is 0 Å². The van der Waals surface area contributed by atoms with Gasteiger partial charge in [-0.05, 0) is 25.0 Å². The number of rotatable bonds is 5. The van der Waals surface area contributed by atoms with Crippen LogP contribution in [0.3, 0.4) is 0 Å². The van der Waals surface area contributed by atoms with Gasteiger partial charge in [-0.25, -0.2) is 0 Å². The zero-order valence-electron chi connectivity index (χ0n) is 9.90. The molecule has 0 radical (unpaired) electrons. The standard InChI is InChI=1S/C13H14ClN3S/c14-10-3-1-2-9(8-10)13-17-16-12(18-13)6-7-15-11-4-5-11/h1-3,8,11,15H,4-7H2. The maximum absolute atomic E-state index is 5.97. The molecule has 0 amide bonds. The number of hydrogen-bond acceptors (Lipinski definition) is 4. The van der Waals surface area contributed by atoms with Crippen molar-refractivity contribution in [3.63, 3.8) is 0 Å². The summed E-state index contributed by atoms with van der Waals surface area (Å²) in [5.41, 5.74) is 1.04. The first-order chi connectivity index (χ1) is 8.81. The monoisotopic (exact) mass is 279 g/mol. The van der Waals surface area contributed by atoms with Gasteiger partial charge in [-0.1, -0.05) is 35.1 Å². The summed E-state index contributed by atoms with van der Waals surface area (Å²) < 4.78 is 0. The molecule has 3 rings (SSSR count). The van der Waals surface area contributed by atoms with Crippen molar-refractivity contribution in [3.05, 3.63) is 34.3 Å². The molecule has 0 atom stereocenters. The molecular formula is C13H14ClN3S. The third-order valence-corrected chi connectivity index (χ3v) is 4.15. The largest absolute Gasteiger partial charge is 0.314 e. The highest BCUT2D eigenvalue weighted by Gasteiger charge is 2.19. The van der Waals surface area contributed by atoms with Crippen molar-refractivity contribution in [2.24, 2.45) is 0 Å². The van der Waals surface area contributed by atoms with Gasteiger partial charge in [0.05, 0.1) is 0 Å². The van der Waals surface area contributed by atoms with Crippen molar-refractivity contribution in [1.29, 1.82) is 0 Å². The Kier molecular flexibility index (Phi) is 3.59. The summed E-state index contributed by atoms with van der Waals surface area (Å²) in [4.78, 5) is 0. The summed E-state index contributed by atoms with van der Waals surface area (Å²) in [6, 6.07) is 8.50. The summed E-state index contributed by atoms with van der Waals surface area (Å²) >= 11 is 7.62. The molecular weight excluding hydrogens is 266 g/mol. The van der Waals surface area contributed by atoms with Crippen molar-refractivity contribution in [2.75, 3.05) is 6.54 Å². The molecule has 1 aromatic heterocycles. The minimum Gasteiger partial charge on any atom is -0.314 e. The van der Waals surface area contributed by atoms with Crippen LogP contribution in [-0.4, -0.2) is 22.8 Å². The second kappa shape index (κ2) is 5.34. The van der Waals surface area contributed by atoms with Crippen molar-refractivity contribution in [2.45, 2.75) is 25.3 Å². The third kappa shape index (κ3) is 3.07. The lowest BCUT2D eigenvalue weighted by Gasteiger charge is -1.98. The Bertz CT molecular complexity index is 537. The topological polar surface area (TPSA) is 37.8 Å². The van der Waals surface area contributed by atoms with E-state index in [0.717, 1.165) is 39.6 Å². The van der Waals surface area contributed by atoms with Crippen LogP contribution in [-0.2, 0) is 6.42 Å². The average Bonchev–Trinajstić information content (AvgIpc) is 3.06. The van der Waals surface area contributed by atoms with E-state index >= 15 is 0 Å². The number of nitrogens with one attached hydrogen (secondary N) is 1. The van der Waals surface area contributed by atoms with Gasteiger partial charge in [-0.15, -0.1) is 10.2 Å². The van der Waals surface area contributed by atoms with Crippen LogP contribution < -0.4 is 5.32 Å². The fourth-order valence-corrected chi connectivity index (χ4v) is 2.79. The predicted molar refractivity (Wildman–Crippen MR) is 75.1 cm³/mol. The smallest absolute Gasteiger partial charge is 0.147 e. The van der Waals surface area contributed by atoms with E-state index in [-0.39, 0.29) is 0 Å². The molecule has 0 saturated heterocycles. The summed E-state index contributed by atoms with van der Waals surface area (Å²) in [6.45, 7) is 0.995. The molecule has 1 aromatic carbocycles. The van der Waals surface area contributed by atoms with Crippen molar-refractivity contribution < 1.29 is 0 Å². The maximum Gasteiger partial charge on any atom is 0.147 e. The lowest BCUT2D eigenvalue weighted by molar-refractivity contribution is 0.677. The van der Waals surface area contributed by atoms with E-state index < -0.39 is 0 Å². The zero-order valence-corrected chi connectivity index (χ0v) is 11.5. The fraction of sp³-hybridized carbons (Fsp3) is 0.385. The molecule has 0 bridgehead atoms. The van der Waals surface area contributed by atoms with Crippen LogP contribution in [0, 0.1) is 0 Å². The number of hydrogen-bond donors (Lipinski definition) is 1. The van der Waals surface area contributed by atoms with Crippen molar-refractivity contribution in [1.82, 2.24) is 15.5 Å². The summed E-state index contributed by atoms with van der Waals surface area (Å²) in [6.07, 6.45) is 3.60. The number of nitrogens with zero attached hydrogens (tertiary/aromatic N) is 2. The van der Waals surface area contributed by atoms with Crippen LogP contribution in [0.4, 0.5) is 0 Å². The Hall–Kier alpha value is -0.970. The van der Waals surface area contributed by atoms with E-state index in [1.807, 2.05) is 24.3 Å².